The fourth-order valence-electron chi connectivity index (χ4n) is 1.60. The zero-order valence-corrected chi connectivity index (χ0v) is 12.5. The zero-order valence-electron chi connectivity index (χ0n) is 11.0. The van der Waals surface area contributed by atoms with Crippen molar-refractivity contribution in [2.24, 2.45) is 0 Å². The van der Waals surface area contributed by atoms with Crippen LogP contribution in [0.5, 0.6) is 0 Å². The number of nitriles is 1. The third kappa shape index (κ3) is 4.42. The summed E-state index contributed by atoms with van der Waals surface area (Å²) in [6, 6.07) is 13.9. The van der Waals surface area contributed by atoms with E-state index in [1.54, 1.807) is 42.5 Å². The number of halogens is 1. The largest absolute Gasteiger partial charge is 0.398 e. The van der Waals surface area contributed by atoms with Gasteiger partial charge in [-0.05, 0) is 42.5 Å². The third-order valence-corrected chi connectivity index (χ3v) is 3.94. The molecule has 0 saturated carbocycles. The van der Waals surface area contributed by atoms with E-state index in [1.807, 2.05) is 6.07 Å². The molecule has 106 valence electrons. The highest BCUT2D eigenvalue weighted by molar-refractivity contribution is 8.00. The van der Waals surface area contributed by atoms with Crippen molar-refractivity contribution >= 4 is 40.6 Å². The van der Waals surface area contributed by atoms with Gasteiger partial charge in [0.05, 0.1) is 17.4 Å². The minimum atomic E-state index is -0.149. The molecule has 0 aromatic heterocycles. The van der Waals surface area contributed by atoms with Crippen molar-refractivity contribution in [3.63, 3.8) is 0 Å². The lowest BCUT2D eigenvalue weighted by molar-refractivity contribution is -0.113. The normalized spacial score (nSPS) is 9.90. The van der Waals surface area contributed by atoms with Gasteiger partial charge < -0.3 is 11.1 Å². The number of rotatable bonds is 4. The van der Waals surface area contributed by atoms with Crippen LogP contribution in [0.1, 0.15) is 5.56 Å². The van der Waals surface area contributed by atoms with Crippen molar-refractivity contribution in [2.75, 3.05) is 16.8 Å². The van der Waals surface area contributed by atoms with Gasteiger partial charge in [0.25, 0.3) is 0 Å². The number of amides is 1. The van der Waals surface area contributed by atoms with Crippen LogP contribution in [0.3, 0.4) is 0 Å². The van der Waals surface area contributed by atoms with E-state index in [4.69, 9.17) is 22.6 Å². The maximum Gasteiger partial charge on any atom is 0.234 e. The van der Waals surface area contributed by atoms with Crippen molar-refractivity contribution in [1.29, 1.82) is 5.26 Å². The number of benzene rings is 2. The van der Waals surface area contributed by atoms with Gasteiger partial charge in [0.2, 0.25) is 5.91 Å². The SMILES string of the molecule is N#Cc1ccc(NC(=O)CSc2cc(Cl)ccc2N)cc1. The summed E-state index contributed by atoms with van der Waals surface area (Å²) in [7, 11) is 0. The maximum absolute atomic E-state index is 11.9. The molecule has 0 bridgehead atoms. The Kier molecular flexibility index (Phi) is 5.09. The molecule has 0 aliphatic heterocycles. The van der Waals surface area contributed by atoms with Gasteiger partial charge in [-0.2, -0.15) is 5.26 Å². The minimum Gasteiger partial charge on any atom is -0.398 e. The van der Waals surface area contributed by atoms with Crippen molar-refractivity contribution < 1.29 is 4.79 Å². The van der Waals surface area contributed by atoms with E-state index in [1.165, 1.54) is 11.8 Å². The molecule has 0 heterocycles. The standard InChI is InChI=1S/C15H12ClN3OS/c16-11-3-6-13(18)14(7-11)21-9-15(20)19-12-4-1-10(8-17)2-5-12/h1-7H,9,18H2,(H,19,20). The van der Waals surface area contributed by atoms with Crippen molar-refractivity contribution in [3.8, 4) is 6.07 Å². The topological polar surface area (TPSA) is 78.9 Å². The van der Waals surface area contributed by atoms with Gasteiger partial charge in [0, 0.05) is 21.3 Å². The van der Waals surface area contributed by atoms with Crippen LogP contribution < -0.4 is 11.1 Å². The molecule has 0 radical (unpaired) electrons. The monoisotopic (exact) mass is 317 g/mol. The smallest absolute Gasteiger partial charge is 0.234 e. The predicted molar refractivity (Wildman–Crippen MR) is 86.4 cm³/mol. The molecule has 2 aromatic rings. The number of nitrogens with two attached hydrogens (primary N) is 1. The quantitative estimate of drug-likeness (QED) is 0.668. The maximum atomic E-state index is 11.9. The van der Waals surface area contributed by atoms with Crippen LogP contribution in [-0.4, -0.2) is 11.7 Å². The highest BCUT2D eigenvalue weighted by atomic mass is 35.5. The van der Waals surface area contributed by atoms with E-state index in [9.17, 15) is 4.79 Å². The van der Waals surface area contributed by atoms with Gasteiger partial charge in [-0.25, -0.2) is 0 Å². The van der Waals surface area contributed by atoms with Gasteiger partial charge in [-0.1, -0.05) is 11.6 Å². The molecule has 0 unspecified atom stereocenters. The molecule has 0 atom stereocenters. The van der Waals surface area contributed by atoms with Crippen LogP contribution in [0, 0.1) is 11.3 Å². The molecule has 6 heteroatoms. The molecule has 0 saturated heterocycles. The lowest BCUT2D eigenvalue weighted by Gasteiger charge is -2.07. The Bertz CT molecular complexity index is 695. The van der Waals surface area contributed by atoms with E-state index in [0.717, 1.165) is 4.90 Å². The summed E-state index contributed by atoms with van der Waals surface area (Å²) in [5.41, 5.74) is 7.61. The first-order valence-electron chi connectivity index (χ1n) is 6.06. The van der Waals surface area contributed by atoms with Crippen molar-refractivity contribution in [1.82, 2.24) is 0 Å². The van der Waals surface area contributed by atoms with Crippen molar-refractivity contribution in [3.05, 3.63) is 53.1 Å². The van der Waals surface area contributed by atoms with Crippen LogP contribution in [0.4, 0.5) is 11.4 Å². The summed E-state index contributed by atoms with van der Waals surface area (Å²) >= 11 is 7.22. The molecule has 0 spiro atoms. The number of hydrogen-bond acceptors (Lipinski definition) is 4. The van der Waals surface area contributed by atoms with Gasteiger partial charge >= 0.3 is 0 Å². The van der Waals surface area contributed by atoms with Crippen LogP contribution in [0.2, 0.25) is 5.02 Å². The number of thioether (sulfide) groups is 1. The Morgan fingerprint density at radius 3 is 2.67 bits per heavy atom. The molecule has 4 nitrogen and oxygen atoms in total. The summed E-state index contributed by atoms with van der Waals surface area (Å²) < 4.78 is 0. The van der Waals surface area contributed by atoms with Crippen LogP contribution >= 0.6 is 23.4 Å². The summed E-state index contributed by atoms with van der Waals surface area (Å²) in [6.45, 7) is 0. The highest BCUT2D eigenvalue weighted by Crippen LogP contribution is 2.28. The number of anilines is 2. The third-order valence-electron chi connectivity index (χ3n) is 2.63. The molecule has 0 fully saturated rings. The molecular formula is C15H12ClN3OS. The van der Waals surface area contributed by atoms with Crippen LogP contribution in [-0.2, 0) is 4.79 Å². The van der Waals surface area contributed by atoms with E-state index in [2.05, 4.69) is 5.32 Å². The summed E-state index contributed by atoms with van der Waals surface area (Å²) in [5.74, 6) is 0.0777. The predicted octanol–water partition coefficient (Wildman–Crippen LogP) is 3.52. The van der Waals surface area contributed by atoms with Gasteiger partial charge in [-0.15, -0.1) is 11.8 Å². The van der Waals surface area contributed by atoms with E-state index in [-0.39, 0.29) is 11.7 Å². The lowest BCUT2D eigenvalue weighted by Crippen LogP contribution is -2.14. The molecule has 2 rings (SSSR count). The molecule has 1 amide bonds. The molecule has 0 aliphatic carbocycles. The number of nitrogen functional groups attached to an aromatic ring is 1. The number of nitrogens with zero attached hydrogens (tertiary/aromatic N) is 1. The fraction of sp³-hybridized carbons (Fsp3) is 0.0667. The number of nitrogens with one attached hydrogen (secondary N) is 1. The second kappa shape index (κ2) is 7.02. The van der Waals surface area contributed by atoms with E-state index >= 15 is 0 Å². The van der Waals surface area contributed by atoms with Gasteiger partial charge in [0.15, 0.2) is 0 Å². The Morgan fingerprint density at radius 1 is 1.29 bits per heavy atom. The fourth-order valence-corrected chi connectivity index (χ4v) is 2.64. The second-order valence-electron chi connectivity index (χ2n) is 4.21. The first-order chi connectivity index (χ1) is 10.1. The number of carbonyl (C=O) groups excluding carboxylic acids is 1. The highest BCUT2D eigenvalue weighted by Gasteiger charge is 2.06. The molecule has 0 aliphatic rings. The van der Waals surface area contributed by atoms with Gasteiger partial charge in [0.1, 0.15) is 0 Å². The van der Waals surface area contributed by atoms with Crippen molar-refractivity contribution in [2.45, 2.75) is 4.90 Å². The summed E-state index contributed by atoms with van der Waals surface area (Å²) in [5, 5.41) is 12.0. The Balaban J connectivity index is 1.92. The number of carbonyl (C=O) groups is 1. The lowest BCUT2D eigenvalue weighted by atomic mass is 10.2. The Morgan fingerprint density at radius 2 is 2.00 bits per heavy atom. The zero-order chi connectivity index (χ0) is 15.2. The van der Waals surface area contributed by atoms with Crippen LogP contribution in [0.25, 0.3) is 0 Å². The first kappa shape index (κ1) is 15.2. The average Bonchev–Trinajstić information content (AvgIpc) is 2.49. The van der Waals surface area contributed by atoms with E-state index in [0.29, 0.717) is 22.0 Å². The first-order valence-corrected chi connectivity index (χ1v) is 7.42. The second-order valence-corrected chi connectivity index (χ2v) is 5.66. The molecular weight excluding hydrogens is 306 g/mol. The molecule has 2 aromatic carbocycles. The molecule has 21 heavy (non-hydrogen) atoms. The number of hydrogen-bond donors (Lipinski definition) is 2. The summed E-state index contributed by atoms with van der Waals surface area (Å²) in [6.07, 6.45) is 0. The average molecular weight is 318 g/mol. The molecule has 3 N–H and O–H groups in total. The minimum absolute atomic E-state index is 0.149. The Hall–Kier alpha value is -2.16. The van der Waals surface area contributed by atoms with Crippen LogP contribution in [0.15, 0.2) is 47.4 Å². The van der Waals surface area contributed by atoms with E-state index < -0.39 is 0 Å². The Labute approximate surface area is 131 Å². The summed E-state index contributed by atoms with van der Waals surface area (Å²) in [4.78, 5) is 12.6. The van der Waals surface area contributed by atoms with Gasteiger partial charge in [-0.3, -0.25) is 4.79 Å².